The molecule has 0 aliphatic heterocycles. The molecule has 0 saturated heterocycles. The third-order valence-corrected chi connectivity index (χ3v) is 3.50. The fraction of sp³-hybridized carbons (Fsp3) is 0.417. The second-order valence-corrected chi connectivity index (χ2v) is 5.13. The van der Waals surface area contributed by atoms with Crippen molar-refractivity contribution in [2.75, 3.05) is 5.32 Å². The summed E-state index contributed by atoms with van der Waals surface area (Å²) in [5, 5.41) is 12.1. The zero-order chi connectivity index (χ0) is 12.4. The largest absolute Gasteiger partial charge is 0.392 e. The van der Waals surface area contributed by atoms with E-state index in [2.05, 4.69) is 21.2 Å². The summed E-state index contributed by atoms with van der Waals surface area (Å²) < 4.78 is 14.1. The fourth-order valence-electron chi connectivity index (χ4n) is 2.07. The molecule has 0 spiro atoms. The lowest BCUT2D eigenvalue weighted by Gasteiger charge is -2.14. The van der Waals surface area contributed by atoms with Gasteiger partial charge in [0, 0.05) is 4.47 Å². The predicted molar refractivity (Wildman–Crippen MR) is 66.1 cm³/mol. The van der Waals surface area contributed by atoms with Gasteiger partial charge in [-0.25, -0.2) is 4.39 Å². The van der Waals surface area contributed by atoms with Gasteiger partial charge in [-0.2, -0.15) is 0 Å². The van der Waals surface area contributed by atoms with Gasteiger partial charge in [0.1, 0.15) is 5.82 Å². The van der Waals surface area contributed by atoms with Crippen molar-refractivity contribution in [3.8, 4) is 0 Å². The van der Waals surface area contributed by atoms with Crippen LogP contribution in [0.4, 0.5) is 10.1 Å². The molecule has 1 aromatic rings. The van der Waals surface area contributed by atoms with E-state index in [1.807, 2.05) is 0 Å². The minimum Gasteiger partial charge on any atom is -0.392 e. The summed E-state index contributed by atoms with van der Waals surface area (Å²) in [6.07, 6.45) is 1.52. The molecular weight excluding hydrogens is 289 g/mol. The quantitative estimate of drug-likeness (QED) is 0.882. The van der Waals surface area contributed by atoms with E-state index in [9.17, 15) is 14.3 Å². The standard InChI is InChI=1S/C12H13BrFNO2/c13-7-4-5-9(14)10(6-7)15-12(17)8-2-1-3-11(8)16/h4-6,8,11,16H,1-3H2,(H,15,17). The smallest absolute Gasteiger partial charge is 0.230 e. The average molecular weight is 302 g/mol. The molecule has 2 rings (SSSR count). The number of rotatable bonds is 2. The van der Waals surface area contributed by atoms with Crippen LogP contribution in [0.5, 0.6) is 0 Å². The number of halogens is 2. The van der Waals surface area contributed by atoms with Crippen molar-refractivity contribution in [1.29, 1.82) is 0 Å². The molecule has 92 valence electrons. The molecule has 1 aliphatic rings. The van der Waals surface area contributed by atoms with Crippen LogP contribution in [0, 0.1) is 11.7 Å². The fourth-order valence-corrected chi connectivity index (χ4v) is 2.43. The van der Waals surface area contributed by atoms with Crippen molar-refractivity contribution in [3.63, 3.8) is 0 Å². The molecule has 2 N–H and O–H groups in total. The molecule has 1 amide bonds. The number of hydrogen-bond acceptors (Lipinski definition) is 2. The Kier molecular flexibility index (Phi) is 3.79. The zero-order valence-corrected chi connectivity index (χ0v) is 10.7. The van der Waals surface area contributed by atoms with Gasteiger partial charge in [-0.05, 0) is 37.5 Å². The van der Waals surface area contributed by atoms with E-state index in [1.54, 1.807) is 6.07 Å². The van der Waals surface area contributed by atoms with Gasteiger partial charge < -0.3 is 10.4 Å². The lowest BCUT2D eigenvalue weighted by Crippen LogP contribution is -2.28. The monoisotopic (exact) mass is 301 g/mol. The summed E-state index contributed by atoms with van der Waals surface area (Å²) in [6.45, 7) is 0. The lowest BCUT2D eigenvalue weighted by atomic mass is 10.1. The molecule has 0 aromatic heterocycles. The van der Waals surface area contributed by atoms with Crippen LogP contribution in [0.1, 0.15) is 19.3 Å². The SMILES string of the molecule is O=C(Nc1cc(Br)ccc1F)C1CCCC1O. The Morgan fingerprint density at radius 2 is 2.24 bits per heavy atom. The normalized spacial score (nSPS) is 23.7. The second-order valence-electron chi connectivity index (χ2n) is 4.22. The number of hydrogen-bond donors (Lipinski definition) is 2. The highest BCUT2D eigenvalue weighted by atomic mass is 79.9. The van der Waals surface area contributed by atoms with Gasteiger partial charge in [0.15, 0.2) is 0 Å². The van der Waals surface area contributed by atoms with E-state index >= 15 is 0 Å². The Bertz CT molecular complexity index is 439. The first kappa shape index (κ1) is 12.5. The van der Waals surface area contributed by atoms with Crippen LogP contribution in [-0.2, 0) is 4.79 Å². The van der Waals surface area contributed by atoms with Gasteiger partial charge >= 0.3 is 0 Å². The second kappa shape index (κ2) is 5.14. The number of carbonyl (C=O) groups is 1. The van der Waals surface area contributed by atoms with Gasteiger partial charge in [-0.3, -0.25) is 4.79 Å². The first-order valence-electron chi connectivity index (χ1n) is 5.52. The average Bonchev–Trinajstić information content (AvgIpc) is 2.70. The first-order chi connectivity index (χ1) is 8.08. The Morgan fingerprint density at radius 3 is 2.88 bits per heavy atom. The maximum absolute atomic E-state index is 13.4. The van der Waals surface area contributed by atoms with Gasteiger partial charge in [-0.15, -0.1) is 0 Å². The van der Waals surface area contributed by atoms with E-state index in [0.717, 1.165) is 6.42 Å². The molecule has 1 aliphatic carbocycles. The molecule has 2 atom stereocenters. The van der Waals surface area contributed by atoms with Crippen LogP contribution in [0.15, 0.2) is 22.7 Å². The van der Waals surface area contributed by atoms with Crippen molar-refractivity contribution in [1.82, 2.24) is 0 Å². The summed E-state index contributed by atoms with van der Waals surface area (Å²) >= 11 is 3.21. The van der Waals surface area contributed by atoms with Crippen LogP contribution in [0.3, 0.4) is 0 Å². The number of benzene rings is 1. The molecule has 1 saturated carbocycles. The number of nitrogens with one attached hydrogen (secondary N) is 1. The lowest BCUT2D eigenvalue weighted by molar-refractivity contribution is -0.122. The van der Waals surface area contributed by atoms with E-state index in [1.165, 1.54) is 12.1 Å². The van der Waals surface area contributed by atoms with Gasteiger partial charge in [0.25, 0.3) is 0 Å². The Hall–Kier alpha value is -0.940. The van der Waals surface area contributed by atoms with Crippen LogP contribution in [0.25, 0.3) is 0 Å². The van der Waals surface area contributed by atoms with Crippen molar-refractivity contribution in [2.24, 2.45) is 5.92 Å². The van der Waals surface area contributed by atoms with E-state index in [0.29, 0.717) is 17.3 Å². The number of aliphatic hydroxyl groups is 1. The highest BCUT2D eigenvalue weighted by Gasteiger charge is 2.31. The maximum atomic E-state index is 13.4. The number of amides is 1. The van der Waals surface area contributed by atoms with Crippen LogP contribution < -0.4 is 5.32 Å². The third kappa shape index (κ3) is 2.84. The number of carbonyl (C=O) groups excluding carboxylic acids is 1. The van der Waals surface area contributed by atoms with Crippen LogP contribution in [0.2, 0.25) is 0 Å². The molecule has 17 heavy (non-hydrogen) atoms. The summed E-state index contributed by atoms with van der Waals surface area (Å²) in [6, 6.07) is 4.36. The number of aliphatic hydroxyl groups excluding tert-OH is 1. The first-order valence-corrected chi connectivity index (χ1v) is 6.31. The van der Waals surface area contributed by atoms with Gasteiger partial charge in [0.05, 0.1) is 17.7 Å². The molecule has 0 heterocycles. The van der Waals surface area contributed by atoms with E-state index in [-0.39, 0.29) is 11.6 Å². The van der Waals surface area contributed by atoms with E-state index < -0.39 is 17.8 Å². The molecule has 2 unspecified atom stereocenters. The third-order valence-electron chi connectivity index (χ3n) is 3.00. The molecule has 5 heteroatoms. The van der Waals surface area contributed by atoms with Gasteiger partial charge in [-0.1, -0.05) is 15.9 Å². The summed E-state index contributed by atoms with van der Waals surface area (Å²) in [7, 11) is 0. The number of anilines is 1. The Morgan fingerprint density at radius 1 is 1.47 bits per heavy atom. The molecule has 0 radical (unpaired) electrons. The molecule has 1 aromatic carbocycles. The van der Waals surface area contributed by atoms with E-state index in [4.69, 9.17) is 0 Å². The minimum absolute atomic E-state index is 0.142. The molecule has 1 fully saturated rings. The summed E-state index contributed by atoms with van der Waals surface area (Å²) in [4.78, 5) is 11.8. The zero-order valence-electron chi connectivity index (χ0n) is 9.12. The Balaban J connectivity index is 2.10. The molecule has 3 nitrogen and oxygen atoms in total. The highest BCUT2D eigenvalue weighted by molar-refractivity contribution is 9.10. The van der Waals surface area contributed by atoms with Crippen molar-refractivity contribution in [2.45, 2.75) is 25.4 Å². The highest BCUT2D eigenvalue weighted by Crippen LogP contribution is 2.28. The topological polar surface area (TPSA) is 49.3 Å². The molecular formula is C12H13BrFNO2. The molecule has 0 bridgehead atoms. The van der Waals surface area contributed by atoms with Crippen LogP contribution in [-0.4, -0.2) is 17.1 Å². The summed E-state index contributed by atoms with van der Waals surface area (Å²) in [5.74, 6) is -1.21. The Labute approximate surface area is 107 Å². The van der Waals surface area contributed by atoms with Crippen molar-refractivity contribution < 1.29 is 14.3 Å². The van der Waals surface area contributed by atoms with Gasteiger partial charge in [0.2, 0.25) is 5.91 Å². The summed E-state index contributed by atoms with van der Waals surface area (Å²) in [5.41, 5.74) is 0.142. The predicted octanol–water partition coefficient (Wildman–Crippen LogP) is 2.69. The minimum atomic E-state index is -0.606. The maximum Gasteiger partial charge on any atom is 0.230 e. The van der Waals surface area contributed by atoms with Crippen LogP contribution >= 0.6 is 15.9 Å². The van der Waals surface area contributed by atoms with Crippen molar-refractivity contribution in [3.05, 3.63) is 28.5 Å². The van der Waals surface area contributed by atoms with Crippen molar-refractivity contribution >= 4 is 27.5 Å².